The molecular formula is C11H10N2S. The molecule has 0 radical (unpaired) electrons. The molecule has 3 heteroatoms. The maximum absolute atomic E-state index is 5.66. The maximum Gasteiger partial charge on any atom is 0.104 e. The molecule has 2 rings (SSSR count). The molecule has 1 aromatic carbocycles. The number of thiocarbonyl (C=S) groups is 1. The van der Waals surface area contributed by atoms with Crippen molar-refractivity contribution < 1.29 is 0 Å². The van der Waals surface area contributed by atoms with E-state index in [2.05, 4.69) is 4.98 Å². The lowest BCUT2D eigenvalue weighted by Crippen LogP contribution is -2.10. The summed E-state index contributed by atoms with van der Waals surface area (Å²) < 4.78 is 0. The molecule has 0 aliphatic rings. The van der Waals surface area contributed by atoms with Gasteiger partial charge in [-0.15, -0.1) is 0 Å². The fourth-order valence-electron chi connectivity index (χ4n) is 1.62. The molecule has 0 unspecified atom stereocenters. The van der Waals surface area contributed by atoms with E-state index in [1.165, 1.54) is 0 Å². The minimum atomic E-state index is 0.435. The van der Waals surface area contributed by atoms with Crippen LogP contribution in [0.1, 0.15) is 11.1 Å². The second-order valence-corrected chi connectivity index (χ2v) is 3.66. The largest absolute Gasteiger partial charge is 0.389 e. The lowest BCUT2D eigenvalue weighted by atomic mass is 10.0. The Balaban J connectivity index is 2.91. The van der Waals surface area contributed by atoms with Crippen LogP contribution in [0.5, 0.6) is 0 Å². The molecular weight excluding hydrogens is 192 g/mol. The van der Waals surface area contributed by atoms with Gasteiger partial charge in [-0.2, -0.15) is 0 Å². The number of aryl methyl sites for hydroxylation is 1. The number of hydrogen-bond acceptors (Lipinski definition) is 2. The standard InChI is InChI=1S/C11H10N2S/c1-7-5-13-6-8-3-2-4-9(10(7)8)11(12)14/h2-6H,1H3,(H2,12,14). The Morgan fingerprint density at radius 3 is 2.86 bits per heavy atom. The Bertz CT molecular complexity index is 500. The lowest BCUT2D eigenvalue weighted by Gasteiger charge is -2.06. The highest BCUT2D eigenvalue weighted by Gasteiger charge is 2.05. The van der Waals surface area contributed by atoms with Gasteiger partial charge in [0.1, 0.15) is 4.99 Å². The van der Waals surface area contributed by atoms with Gasteiger partial charge < -0.3 is 5.73 Å². The van der Waals surface area contributed by atoms with Crippen LogP contribution in [-0.4, -0.2) is 9.97 Å². The van der Waals surface area contributed by atoms with Gasteiger partial charge in [0.15, 0.2) is 0 Å². The van der Waals surface area contributed by atoms with Gasteiger partial charge in [-0.3, -0.25) is 4.98 Å². The molecule has 0 spiro atoms. The molecule has 1 aromatic heterocycles. The average Bonchev–Trinajstić information content (AvgIpc) is 2.17. The smallest absolute Gasteiger partial charge is 0.104 e. The molecule has 0 saturated heterocycles. The van der Waals surface area contributed by atoms with Gasteiger partial charge in [-0.05, 0) is 17.9 Å². The molecule has 2 N–H and O–H groups in total. The van der Waals surface area contributed by atoms with Gasteiger partial charge in [0.25, 0.3) is 0 Å². The molecule has 14 heavy (non-hydrogen) atoms. The molecule has 0 aliphatic carbocycles. The Morgan fingerprint density at radius 2 is 2.14 bits per heavy atom. The summed E-state index contributed by atoms with van der Waals surface area (Å²) >= 11 is 5.01. The van der Waals surface area contributed by atoms with Crippen LogP contribution < -0.4 is 5.73 Å². The van der Waals surface area contributed by atoms with Crippen LogP contribution in [-0.2, 0) is 0 Å². The molecule has 2 aromatic rings. The van der Waals surface area contributed by atoms with E-state index in [0.29, 0.717) is 4.99 Å². The number of aromatic nitrogens is 1. The summed E-state index contributed by atoms with van der Waals surface area (Å²) in [5.74, 6) is 0. The zero-order chi connectivity index (χ0) is 10.1. The summed E-state index contributed by atoms with van der Waals surface area (Å²) in [6.45, 7) is 2.01. The first kappa shape index (κ1) is 9.09. The van der Waals surface area contributed by atoms with E-state index in [9.17, 15) is 0 Å². The van der Waals surface area contributed by atoms with E-state index >= 15 is 0 Å². The molecule has 0 fully saturated rings. The highest BCUT2D eigenvalue weighted by Crippen LogP contribution is 2.21. The first-order chi connectivity index (χ1) is 6.70. The second-order valence-electron chi connectivity index (χ2n) is 3.22. The number of benzene rings is 1. The number of rotatable bonds is 1. The van der Waals surface area contributed by atoms with E-state index in [0.717, 1.165) is 21.9 Å². The van der Waals surface area contributed by atoms with E-state index in [-0.39, 0.29) is 0 Å². The van der Waals surface area contributed by atoms with Crippen LogP contribution >= 0.6 is 12.2 Å². The summed E-state index contributed by atoms with van der Waals surface area (Å²) in [5, 5.41) is 2.19. The number of hydrogen-bond donors (Lipinski definition) is 1. The van der Waals surface area contributed by atoms with Crippen molar-refractivity contribution in [1.29, 1.82) is 0 Å². The number of pyridine rings is 1. The minimum absolute atomic E-state index is 0.435. The Morgan fingerprint density at radius 1 is 1.36 bits per heavy atom. The Kier molecular flexibility index (Phi) is 2.17. The third-order valence-electron chi connectivity index (χ3n) is 2.24. The van der Waals surface area contributed by atoms with Crippen molar-refractivity contribution in [2.45, 2.75) is 6.92 Å². The van der Waals surface area contributed by atoms with Gasteiger partial charge in [0.05, 0.1) is 0 Å². The van der Waals surface area contributed by atoms with Crippen molar-refractivity contribution in [1.82, 2.24) is 4.98 Å². The van der Waals surface area contributed by atoms with Gasteiger partial charge in [-0.25, -0.2) is 0 Å². The molecule has 0 aliphatic heterocycles. The predicted octanol–water partition coefficient (Wildman–Crippen LogP) is 2.18. The number of nitrogens with zero attached hydrogens (tertiary/aromatic N) is 1. The van der Waals surface area contributed by atoms with Crippen LogP contribution in [0.4, 0.5) is 0 Å². The first-order valence-corrected chi connectivity index (χ1v) is 4.74. The summed E-state index contributed by atoms with van der Waals surface area (Å²) in [4.78, 5) is 4.56. The van der Waals surface area contributed by atoms with E-state index in [4.69, 9.17) is 18.0 Å². The van der Waals surface area contributed by atoms with Crippen molar-refractivity contribution >= 4 is 28.0 Å². The normalized spacial score (nSPS) is 10.4. The third-order valence-corrected chi connectivity index (χ3v) is 2.46. The summed E-state index contributed by atoms with van der Waals surface area (Å²) in [5.41, 5.74) is 7.69. The number of fused-ring (bicyclic) bond motifs is 1. The summed E-state index contributed by atoms with van der Waals surface area (Å²) in [7, 11) is 0. The predicted molar refractivity (Wildman–Crippen MR) is 62.4 cm³/mol. The van der Waals surface area contributed by atoms with E-state index < -0.39 is 0 Å². The number of nitrogens with two attached hydrogens (primary N) is 1. The second kappa shape index (κ2) is 3.35. The molecule has 0 saturated carbocycles. The fraction of sp³-hybridized carbons (Fsp3) is 0.0909. The van der Waals surface area contributed by atoms with Gasteiger partial charge in [0.2, 0.25) is 0 Å². The van der Waals surface area contributed by atoms with Crippen molar-refractivity contribution in [2.75, 3.05) is 0 Å². The molecule has 0 atom stereocenters. The van der Waals surface area contributed by atoms with Gasteiger partial charge in [0, 0.05) is 23.3 Å². The molecule has 2 nitrogen and oxygen atoms in total. The molecule has 1 heterocycles. The van der Waals surface area contributed by atoms with Crippen molar-refractivity contribution in [2.24, 2.45) is 5.73 Å². The minimum Gasteiger partial charge on any atom is -0.389 e. The quantitative estimate of drug-likeness (QED) is 0.720. The lowest BCUT2D eigenvalue weighted by molar-refractivity contribution is 1.31. The summed E-state index contributed by atoms with van der Waals surface area (Å²) in [6, 6.07) is 5.90. The maximum atomic E-state index is 5.66. The van der Waals surface area contributed by atoms with Crippen LogP contribution in [0.25, 0.3) is 10.8 Å². The molecule has 70 valence electrons. The van der Waals surface area contributed by atoms with Crippen molar-refractivity contribution in [3.05, 3.63) is 41.7 Å². The van der Waals surface area contributed by atoms with Crippen LogP contribution in [0.3, 0.4) is 0 Å². The van der Waals surface area contributed by atoms with Gasteiger partial charge in [-0.1, -0.05) is 30.4 Å². The fourth-order valence-corrected chi connectivity index (χ4v) is 1.79. The van der Waals surface area contributed by atoms with Crippen molar-refractivity contribution in [3.8, 4) is 0 Å². The van der Waals surface area contributed by atoms with Crippen LogP contribution in [0, 0.1) is 6.92 Å². The molecule has 0 amide bonds. The monoisotopic (exact) mass is 202 g/mol. The average molecular weight is 202 g/mol. The molecule has 0 bridgehead atoms. The summed E-state index contributed by atoms with van der Waals surface area (Å²) in [6.07, 6.45) is 3.65. The van der Waals surface area contributed by atoms with Crippen molar-refractivity contribution in [3.63, 3.8) is 0 Å². The Labute approximate surface area is 87.8 Å². The van der Waals surface area contributed by atoms with Crippen LogP contribution in [0.2, 0.25) is 0 Å². The van der Waals surface area contributed by atoms with E-state index in [1.54, 1.807) is 0 Å². The SMILES string of the molecule is Cc1cncc2cccc(C(N)=S)c12. The zero-order valence-corrected chi connectivity index (χ0v) is 8.64. The van der Waals surface area contributed by atoms with Gasteiger partial charge >= 0.3 is 0 Å². The first-order valence-electron chi connectivity index (χ1n) is 4.33. The highest BCUT2D eigenvalue weighted by molar-refractivity contribution is 7.80. The zero-order valence-electron chi connectivity index (χ0n) is 7.82. The van der Waals surface area contributed by atoms with E-state index in [1.807, 2.05) is 37.5 Å². The van der Waals surface area contributed by atoms with Crippen LogP contribution in [0.15, 0.2) is 30.6 Å². The Hall–Kier alpha value is -1.48. The third kappa shape index (κ3) is 1.36. The topological polar surface area (TPSA) is 38.9 Å². The highest BCUT2D eigenvalue weighted by atomic mass is 32.1.